The van der Waals surface area contributed by atoms with Gasteiger partial charge in [0, 0.05) is 37.8 Å². The maximum absolute atomic E-state index is 13.0. The normalized spacial score (nSPS) is 17.3. The van der Waals surface area contributed by atoms with E-state index in [4.69, 9.17) is 4.74 Å². The quantitative estimate of drug-likeness (QED) is 0.552. The molecular weight excluding hydrogens is 329 g/mol. The summed E-state index contributed by atoms with van der Waals surface area (Å²) in [6, 6.07) is 3.94. The third kappa shape index (κ3) is 5.47. The van der Waals surface area contributed by atoms with Crippen LogP contribution in [0.1, 0.15) is 42.9 Å². The average molecular weight is 356 g/mol. The second kappa shape index (κ2) is 9.25. The number of hydrogen-bond acceptors (Lipinski definition) is 3. The molecule has 1 saturated heterocycles. The Morgan fingerprint density at radius 2 is 2.00 bits per heavy atom. The van der Waals surface area contributed by atoms with Crippen LogP contribution in [-0.4, -0.2) is 38.2 Å². The zero-order valence-electron chi connectivity index (χ0n) is 14.7. The van der Waals surface area contributed by atoms with Crippen molar-refractivity contribution >= 4 is 0 Å². The number of unbranched alkanes of at least 4 members (excludes halogenated alkanes) is 2. The van der Waals surface area contributed by atoms with E-state index >= 15 is 0 Å². The first-order valence-corrected chi connectivity index (χ1v) is 8.78. The molecule has 0 amide bonds. The lowest BCUT2D eigenvalue weighted by molar-refractivity contribution is -0.137. The third-order valence-corrected chi connectivity index (χ3v) is 4.65. The molecule has 0 spiro atoms. The average Bonchev–Trinajstić information content (AvgIpc) is 2.61. The molecule has 1 aliphatic rings. The Balaban J connectivity index is 2.26. The van der Waals surface area contributed by atoms with Crippen molar-refractivity contribution in [2.45, 2.75) is 37.9 Å². The summed E-state index contributed by atoms with van der Waals surface area (Å²) < 4.78 is 44.3. The van der Waals surface area contributed by atoms with Crippen LogP contribution in [0.2, 0.25) is 0 Å². The molecule has 6 heteroatoms. The van der Waals surface area contributed by atoms with E-state index in [1.165, 1.54) is 7.11 Å². The number of allylic oxidation sites excluding steroid dienone is 1. The first kappa shape index (κ1) is 19.8. The Kier molecular flexibility index (Phi) is 7.32. The first-order valence-electron chi connectivity index (χ1n) is 8.78. The van der Waals surface area contributed by atoms with Crippen molar-refractivity contribution in [2.24, 2.45) is 0 Å². The smallest absolute Gasteiger partial charge is 0.416 e. The van der Waals surface area contributed by atoms with Crippen LogP contribution in [0.25, 0.3) is 0 Å². The highest BCUT2D eigenvalue weighted by Crippen LogP contribution is 2.38. The topological polar surface area (TPSA) is 24.5 Å². The monoisotopic (exact) mass is 356 g/mol. The van der Waals surface area contributed by atoms with Gasteiger partial charge in [-0.25, -0.2) is 0 Å². The van der Waals surface area contributed by atoms with Gasteiger partial charge in [0.25, 0.3) is 0 Å². The molecule has 1 heterocycles. The number of methoxy groups -OCH3 is 1. The second-order valence-electron chi connectivity index (χ2n) is 6.33. The summed E-state index contributed by atoms with van der Waals surface area (Å²) in [5.74, 6) is 0.321. The van der Waals surface area contributed by atoms with E-state index in [2.05, 4.69) is 16.8 Å². The minimum Gasteiger partial charge on any atom is -0.496 e. The number of nitrogens with zero attached hydrogens (tertiary/aromatic N) is 1. The van der Waals surface area contributed by atoms with E-state index in [0.717, 1.165) is 69.6 Å². The number of ether oxygens (including phenoxy) is 1. The molecule has 2 rings (SSSR count). The molecule has 1 aromatic carbocycles. The molecule has 25 heavy (non-hydrogen) atoms. The van der Waals surface area contributed by atoms with Crippen LogP contribution in [0.4, 0.5) is 13.2 Å². The summed E-state index contributed by atoms with van der Waals surface area (Å²) >= 11 is 0. The second-order valence-corrected chi connectivity index (χ2v) is 6.33. The number of alkyl halides is 3. The highest BCUT2D eigenvalue weighted by molar-refractivity contribution is 5.41. The molecule has 0 aromatic heterocycles. The fourth-order valence-electron chi connectivity index (χ4n) is 3.32. The minimum atomic E-state index is -4.36. The Morgan fingerprint density at radius 1 is 1.28 bits per heavy atom. The van der Waals surface area contributed by atoms with Crippen LogP contribution in [-0.2, 0) is 6.18 Å². The number of nitrogens with one attached hydrogen (secondary N) is 1. The van der Waals surface area contributed by atoms with E-state index in [-0.39, 0.29) is 6.04 Å². The van der Waals surface area contributed by atoms with Crippen molar-refractivity contribution in [1.82, 2.24) is 10.2 Å². The van der Waals surface area contributed by atoms with Crippen molar-refractivity contribution in [2.75, 3.05) is 33.3 Å². The number of hydrogen-bond donors (Lipinski definition) is 1. The van der Waals surface area contributed by atoms with Gasteiger partial charge in [0.05, 0.1) is 12.7 Å². The van der Waals surface area contributed by atoms with E-state index in [1.807, 2.05) is 6.08 Å². The maximum atomic E-state index is 13.0. The van der Waals surface area contributed by atoms with Gasteiger partial charge in [-0.1, -0.05) is 18.6 Å². The van der Waals surface area contributed by atoms with Crippen molar-refractivity contribution < 1.29 is 17.9 Å². The van der Waals surface area contributed by atoms with Crippen molar-refractivity contribution in [3.63, 3.8) is 0 Å². The summed E-state index contributed by atoms with van der Waals surface area (Å²) in [4.78, 5) is 2.34. The van der Waals surface area contributed by atoms with Crippen LogP contribution in [0.15, 0.2) is 30.9 Å². The van der Waals surface area contributed by atoms with E-state index < -0.39 is 11.7 Å². The van der Waals surface area contributed by atoms with Crippen molar-refractivity contribution in [3.05, 3.63) is 42.0 Å². The Labute approximate surface area is 147 Å². The van der Waals surface area contributed by atoms with Crippen molar-refractivity contribution in [1.29, 1.82) is 0 Å². The fourth-order valence-corrected chi connectivity index (χ4v) is 3.32. The molecule has 1 fully saturated rings. The maximum Gasteiger partial charge on any atom is 0.416 e. The van der Waals surface area contributed by atoms with Gasteiger partial charge >= 0.3 is 6.18 Å². The SMILES string of the molecule is C=CCCCC[C@H](c1ccc(C(F)(F)F)cc1OC)N1CCNCC1. The number of halogens is 3. The van der Waals surface area contributed by atoms with Gasteiger partial charge in [-0.2, -0.15) is 13.2 Å². The summed E-state index contributed by atoms with van der Waals surface area (Å²) in [5, 5.41) is 3.32. The number of piperazine rings is 1. The third-order valence-electron chi connectivity index (χ3n) is 4.65. The molecular formula is C19H27F3N2O. The van der Waals surface area contributed by atoms with Gasteiger partial charge in [0.15, 0.2) is 0 Å². The molecule has 0 unspecified atom stereocenters. The molecule has 1 aliphatic heterocycles. The van der Waals surface area contributed by atoms with Crippen LogP contribution >= 0.6 is 0 Å². The van der Waals surface area contributed by atoms with E-state index in [1.54, 1.807) is 6.07 Å². The minimum absolute atomic E-state index is 0.0733. The summed E-state index contributed by atoms with van der Waals surface area (Å²) in [7, 11) is 1.44. The van der Waals surface area contributed by atoms with Gasteiger partial charge < -0.3 is 10.1 Å². The van der Waals surface area contributed by atoms with E-state index in [0.29, 0.717) is 5.75 Å². The molecule has 0 bridgehead atoms. The molecule has 1 N–H and O–H groups in total. The molecule has 0 saturated carbocycles. The van der Waals surface area contributed by atoms with Crippen LogP contribution in [0.3, 0.4) is 0 Å². The lowest BCUT2D eigenvalue weighted by Crippen LogP contribution is -2.45. The Hall–Kier alpha value is -1.53. The van der Waals surface area contributed by atoms with E-state index in [9.17, 15) is 13.2 Å². The van der Waals surface area contributed by atoms with Crippen LogP contribution < -0.4 is 10.1 Å². The Bertz CT molecular complexity index is 554. The van der Waals surface area contributed by atoms with Gasteiger partial charge in [-0.15, -0.1) is 6.58 Å². The number of rotatable bonds is 8. The molecule has 1 aromatic rings. The molecule has 1 atom stereocenters. The number of benzene rings is 1. The zero-order valence-corrected chi connectivity index (χ0v) is 14.7. The van der Waals surface area contributed by atoms with Gasteiger partial charge in [-0.3, -0.25) is 4.90 Å². The predicted octanol–water partition coefficient (Wildman–Crippen LogP) is 4.41. The lowest BCUT2D eigenvalue weighted by atomic mass is 9.96. The van der Waals surface area contributed by atoms with Crippen molar-refractivity contribution in [3.8, 4) is 5.75 Å². The fraction of sp³-hybridized carbons (Fsp3) is 0.579. The summed E-state index contributed by atoms with van der Waals surface area (Å²) in [6.07, 6.45) is 1.44. The molecule has 140 valence electrons. The van der Waals surface area contributed by atoms with Gasteiger partial charge in [0.1, 0.15) is 5.75 Å². The molecule has 3 nitrogen and oxygen atoms in total. The van der Waals surface area contributed by atoms with Crippen LogP contribution in [0.5, 0.6) is 5.75 Å². The molecule has 0 radical (unpaired) electrons. The largest absolute Gasteiger partial charge is 0.496 e. The predicted molar refractivity (Wildman–Crippen MR) is 93.8 cm³/mol. The highest BCUT2D eigenvalue weighted by atomic mass is 19.4. The highest BCUT2D eigenvalue weighted by Gasteiger charge is 2.32. The zero-order chi connectivity index (χ0) is 18.3. The molecule has 0 aliphatic carbocycles. The summed E-state index contributed by atoms with van der Waals surface area (Å²) in [6.45, 7) is 7.30. The van der Waals surface area contributed by atoms with Gasteiger partial charge in [-0.05, 0) is 31.4 Å². The van der Waals surface area contributed by atoms with Gasteiger partial charge in [0.2, 0.25) is 0 Å². The van der Waals surface area contributed by atoms with Crippen LogP contribution in [0, 0.1) is 0 Å². The Morgan fingerprint density at radius 3 is 2.60 bits per heavy atom. The lowest BCUT2D eigenvalue weighted by Gasteiger charge is -2.36. The first-order chi connectivity index (χ1) is 12.0. The standard InChI is InChI=1S/C19H27F3N2O/c1-3-4-5-6-7-17(24-12-10-23-11-13-24)16-9-8-15(19(20,21)22)14-18(16)25-2/h3,8-9,14,17,23H,1,4-7,10-13H2,2H3/t17-/m1/s1. The summed E-state index contributed by atoms with van der Waals surface area (Å²) in [5.41, 5.74) is 0.176.